The van der Waals surface area contributed by atoms with Crippen LogP contribution in [0.15, 0.2) is 0 Å². The minimum atomic E-state index is 0.328. The van der Waals surface area contributed by atoms with Crippen LogP contribution in [0.2, 0.25) is 0 Å². The first-order valence-electron chi connectivity index (χ1n) is 6.63. The molecule has 0 saturated heterocycles. The van der Waals surface area contributed by atoms with E-state index in [1.807, 2.05) is 0 Å². The lowest BCUT2D eigenvalue weighted by atomic mass is 9.84. The van der Waals surface area contributed by atoms with Crippen LogP contribution >= 0.6 is 0 Å². The Morgan fingerprint density at radius 1 is 1.27 bits per heavy atom. The number of hydrogen-bond acceptors (Lipinski definition) is 2. The van der Waals surface area contributed by atoms with Crippen molar-refractivity contribution < 1.29 is 5.11 Å². The predicted molar refractivity (Wildman–Crippen MR) is 65.0 cm³/mol. The molecule has 0 heterocycles. The molecule has 1 fully saturated rings. The molecule has 0 aromatic rings. The molecule has 1 aliphatic carbocycles. The lowest BCUT2D eigenvalue weighted by Gasteiger charge is -2.30. The summed E-state index contributed by atoms with van der Waals surface area (Å²) in [6.07, 6.45) is 8.89. The summed E-state index contributed by atoms with van der Waals surface area (Å²) in [7, 11) is 0. The number of nitrogens with one attached hydrogen (secondary N) is 1. The molecule has 90 valence electrons. The second-order valence-corrected chi connectivity index (χ2v) is 5.06. The maximum atomic E-state index is 8.76. The molecule has 0 bridgehead atoms. The lowest BCUT2D eigenvalue weighted by Crippen LogP contribution is -2.39. The summed E-state index contributed by atoms with van der Waals surface area (Å²) in [5, 5.41) is 12.4. The van der Waals surface area contributed by atoms with Crippen LogP contribution in [0.25, 0.3) is 0 Å². The molecule has 2 heteroatoms. The minimum Gasteiger partial charge on any atom is -0.396 e. The van der Waals surface area contributed by atoms with Gasteiger partial charge in [0, 0.05) is 18.7 Å². The van der Waals surface area contributed by atoms with E-state index in [1.165, 1.54) is 32.1 Å². The van der Waals surface area contributed by atoms with Gasteiger partial charge < -0.3 is 10.4 Å². The summed E-state index contributed by atoms with van der Waals surface area (Å²) < 4.78 is 0. The fourth-order valence-electron chi connectivity index (χ4n) is 2.62. The van der Waals surface area contributed by atoms with Gasteiger partial charge in [0.1, 0.15) is 0 Å². The van der Waals surface area contributed by atoms with Gasteiger partial charge in [0.05, 0.1) is 0 Å². The van der Waals surface area contributed by atoms with E-state index >= 15 is 0 Å². The van der Waals surface area contributed by atoms with Crippen LogP contribution in [0.4, 0.5) is 0 Å². The molecule has 1 rings (SSSR count). The molecule has 0 aliphatic heterocycles. The Bertz CT molecular complexity index is 153. The quantitative estimate of drug-likeness (QED) is 0.711. The summed E-state index contributed by atoms with van der Waals surface area (Å²) in [4.78, 5) is 0. The SMILES string of the molecule is CCC1CCC(N[C@@H](C)CCCO)CC1. The molecular weight excluding hydrogens is 186 g/mol. The molecule has 1 atom stereocenters. The summed E-state index contributed by atoms with van der Waals surface area (Å²) in [5.41, 5.74) is 0. The second kappa shape index (κ2) is 7.24. The zero-order valence-corrected chi connectivity index (χ0v) is 10.3. The van der Waals surface area contributed by atoms with Crippen molar-refractivity contribution in [3.8, 4) is 0 Å². The Morgan fingerprint density at radius 3 is 2.47 bits per heavy atom. The summed E-state index contributed by atoms with van der Waals surface area (Å²) >= 11 is 0. The van der Waals surface area contributed by atoms with Gasteiger partial charge in [-0.1, -0.05) is 13.3 Å². The molecular formula is C13H27NO. The highest BCUT2D eigenvalue weighted by molar-refractivity contribution is 4.78. The molecule has 0 radical (unpaired) electrons. The van der Waals surface area contributed by atoms with Crippen molar-refractivity contribution in [2.24, 2.45) is 5.92 Å². The summed E-state index contributed by atoms with van der Waals surface area (Å²) in [6, 6.07) is 1.31. The van der Waals surface area contributed by atoms with Crippen molar-refractivity contribution in [2.75, 3.05) is 6.61 Å². The van der Waals surface area contributed by atoms with Gasteiger partial charge in [-0.15, -0.1) is 0 Å². The predicted octanol–water partition coefficient (Wildman–Crippen LogP) is 2.71. The molecule has 0 amide bonds. The third-order valence-electron chi connectivity index (χ3n) is 3.74. The van der Waals surface area contributed by atoms with Crippen molar-refractivity contribution in [3.63, 3.8) is 0 Å². The molecule has 2 nitrogen and oxygen atoms in total. The summed E-state index contributed by atoms with van der Waals surface area (Å²) in [5.74, 6) is 0.982. The standard InChI is InChI=1S/C13H27NO/c1-3-12-6-8-13(9-7-12)14-11(2)5-4-10-15/h11-15H,3-10H2,1-2H3/t11-,12?,13?/m0/s1. The first kappa shape index (κ1) is 13.0. The molecule has 15 heavy (non-hydrogen) atoms. The highest BCUT2D eigenvalue weighted by atomic mass is 16.2. The maximum absolute atomic E-state index is 8.76. The van der Waals surface area contributed by atoms with Crippen LogP contribution in [-0.2, 0) is 0 Å². The van der Waals surface area contributed by atoms with E-state index < -0.39 is 0 Å². The van der Waals surface area contributed by atoms with Crippen molar-refractivity contribution in [3.05, 3.63) is 0 Å². The van der Waals surface area contributed by atoms with Crippen molar-refractivity contribution in [1.29, 1.82) is 0 Å². The number of aliphatic hydroxyl groups is 1. The first-order valence-corrected chi connectivity index (χ1v) is 6.63. The van der Waals surface area contributed by atoms with Crippen molar-refractivity contribution in [1.82, 2.24) is 5.32 Å². The van der Waals surface area contributed by atoms with Gasteiger partial charge in [0.2, 0.25) is 0 Å². The monoisotopic (exact) mass is 213 g/mol. The van der Waals surface area contributed by atoms with Crippen LogP contribution in [0.5, 0.6) is 0 Å². The Morgan fingerprint density at radius 2 is 1.93 bits per heavy atom. The number of rotatable bonds is 6. The van der Waals surface area contributed by atoms with Gasteiger partial charge in [-0.2, -0.15) is 0 Å². The number of hydrogen-bond donors (Lipinski definition) is 2. The maximum Gasteiger partial charge on any atom is 0.0431 e. The third-order valence-corrected chi connectivity index (χ3v) is 3.74. The average Bonchev–Trinajstić information content (AvgIpc) is 2.27. The minimum absolute atomic E-state index is 0.328. The Balaban J connectivity index is 2.12. The molecule has 1 saturated carbocycles. The number of aliphatic hydroxyl groups excluding tert-OH is 1. The van der Waals surface area contributed by atoms with Gasteiger partial charge in [-0.05, 0) is 51.4 Å². The molecule has 0 aromatic carbocycles. The normalized spacial score (nSPS) is 29.0. The van der Waals surface area contributed by atoms with Gasteiger partial charge in [-0.25, -0.2) is 0 Å². The van der Waals surface area contributed by atoms with E-state index in [1.54, 1.807) is 0 Å². The van der Waals surface area contributed by atoms with Crippen LogP contribution in [-0.4, -0.2) is 23.8 Å². The molecule has 0 aromatic heterocycles. The third kappa shape index (κ3) is 4.98. The van der Waals surface area contributed by atoms with Gasteiger partial charge in [-0.3, -0.25) is 0 Å². The van der Waals surface area contributed by atoms with E-state index in [-0.39, 0.29) is 0 Å². The smallest absolute Gasteiger partial charge is 0.0431 e. The molecule has 0 unspecified atom stereocenters. The average molecular weight is 213 g/mol. The summed E-state index contributed by atoms with van der Waals surface area (Å²) in [6.45, 7) is 4.87. The Kier molecular flexibility index (Phi) is 6.26. The highest BCUT2D eigenvalue weighted by Gasteiger charge is 2.20. The van der Waals surface area contributed by atoms with Gasteiger partial charge >= 0.3 is 0 Å². The zero-order chi connectivity index (χ0) is 11.1. The first-order chi connectivity index (χ1) is 7.26. The zero-order valence-electron chi connectivity index (χ0n) is 10.3. The van der Waals surface area contributed by atoms with E-state index in [0.717, 1.165) is 24.8 Å². The van der Waals surface area contributed by atoms with E-state index in [0.29, 0.717) is 12.6 Å². The van der Waals surface area contributed by atoms with Crippen molar-refractivity contribution in [2.45, 2.75) is 70.9 Å². The van der Waals surface area contributed by atoms with Crippen LogP contribution < -0.4 is 5.32 Å². The lowest BCUT2D eigenvalue weighted by molar-refractivity contribution is 0.250. The van der Waals surface area contributed by atoms with Crippen LogP contribution in [0, 0.1) is 5.92 Å². The molecule has 0 spiro atoms. The fourth-order valence-corrected chi connectivity index (χ4v) is 2.62. The second-order valence-electron chi connectivity index (χ2n) is 5.06. The Hall–Kier alpha value is -0.0800. The molecule has 2 N–H and O–H groups in total. The van der Waals surface area contributed by atoms with E-state index in [2.05, 4.69) is 19.2 Å². The topological polar surface area (TPSA) is 32.3 Å². The van der Waals surface area contributed by atoms with Crippen LogP contribution in [0.1, 0.15) is 58.8 Å². The van der Waals surface area contributed by atoms with E-state index in [4.69, 9.17) is 5.11 Å². The van der Waals surface area contributed by atoms with Gasteiger partial charge in [0.15, 0.2) is 0 Å². The van der Waals surface area contributed by atoms with Crippen molar-refractivity contribution >= 4 is 0 Å². The Labute approximate surface area is 94.5 Å². The van der Waals surface area contributed by atoms with Crippen LogP contribution in [0.3, 0.4) is 0 Å². The highest BCUT2D eigenvalue weighted by Crippen LogP contribution is 2.26. The largest absolute Gasteiger partial charge is 0.396 e. The van der Waals surface area contributed by atoms with E-state index in [9.17, 15) is 0 Å². The molecule has 1 aliphatic rings. The fraction of sp³-hybridized carbons (Fsp3) is 1.00. The van der Waals surface area contributed by atoms with Gasteiger partial charge in [0.25, 0.3) is 0 Å².